The van der Waals surface area contributed by atoms with Crippen LogP contribution in [0.2, 0.25) is 0 Å². The lowest BCUT2D eigenvalue weighted by atomic mass is 10.2. The van der Waals surface area contributed by atoms with Gasteiger partial charge in [0.05, 0.1) is 5.69 Å². The smallest absolute Gasteiger partial charge is 0.412 e. The Labute approximate surface area is 110 Å². The number of pyridine rings is 1. The molecule has 0 radical (unpaired) electrons. The summed E-state index contributed by atoms with van der Waals surface area (Å²) in [5, 5.41) is 2.62. The minimum atomic E-state index is -0.548. The number of nitrogens with zero attached hydrogens (tertiary/aromatic N) is 2. The highest BCUT2D eigenvalue weighted by Gasteiger charge is 2.16. The van der Waals surface area contributed by atoms with Crippen LogP contribution < -0.4 is 5.32 Å². The molecule has 0 aliphatic heterocycles. The van der Waals surface area contributed by atoms with Crippen LogP contribution in [0.1, 0.15) is 31.3 Å². The Morgan fingerprint density at radius 2 is 2.11 bits per heavy atom. The van der Waals surface area contributed by atoms with E-state index in [-0.39, 0.29) is 0 Å². The molecule has 2 aromatic rings. The molecule has 0 unspecified atom stereocenters. The molecule has 6 heteroatoms. The maximum absolute atomic E-state index is 11.6. The first-order valence-electron chi connectivity index (χ1n) is 5.81. The topological polar surface area (TPSA) is 72.7 Å². The van der Waals surface area contributed by atoms with Gasteiger partial charge >= 0.3 is 6.09 Å². The van der Waals surface area contributed by atoms with Crippen molar-refractivity contribution in [3.63, 3.8) is 0 Å². The summed E-state index contributed by atoms with van der Waals surface area (Å²) in [6, 6.07) is 3.40. The molecular formula is C13H15N3O3. The van der Waals surface area contributed by atoms with E-state index in [1.807, 2.05) is 0 Å². The number of aromatic nitrogens is 2. The van der Waals surface area contributed by atoms with Gasteiger partial charge in [0, 0.05) is 12.4 Å². The predicted octanol–water partition coefficient (Wildman–Crippen LogP) is 2.49. The highest BCUT2D eigenvalue weighted by Crippen LogP contribution is 2.13. The molecule has 19 heavy (non-hydrogen) atoms. The van der Waals surface area contributed by atoms with E-state index < -0.39 is 11.7 Å². The fourth-order valence-electron chi connectivity index (χ4n) is 1.56. The molecule has 6 nitrogen and oxygen atoms in total. The fraction of sp³-hybridized carbons (Fsp3) is 0.308. The molecule has 0 spiro atoms. The molecule has 0 atom stereocenters. The minimum absolute atomic E-state index is 0.342. The summed E-state index contributed by atoms with van der Waals surface area (Å²) in [7, 11) is 0. The van der Waals surface area contributed by atoms with Crippen LogP contribution in [0, 0.1) is 0 Å². The third kappa shape index (κ3) is 3.31. The second kappa shape index (κ2) is 4.72. The van der Waals surface area contributed by atoms with Crippen LogP contribution >= 0.6 is 0 Å². The number of fused-ring (bicyclic) bond motifs is 1. The Morgan fingerprint density at radius 3 is 2.74 bits per heavy atom. The Bertz CT molecular complexity index is 626. The lowest BCUT2D eigenvalue weighted by Gasteiger charge is -2.19. The monoisotopic (exact) mass is 261 g/mol. The number of carbonyl (C=O) groups excluding carboxylic acids is 2. The normalized spacial score (nSPS) is 11.3. The molecule has 0 bridgehead atoms. The van der Waals surface area contributed by atoms with E-state index in [9.17, 15) is 9.59 Å². The van der Waals surface area contributed by atoms with E-state index in [1.54, 1.807) is 49.7 Å². The van der Waals surface area contributed by atoms with Gasteiger partial charge in [0.15, 0.2) is 6.29 Å². The maximum atomic E-state index is 11.6. The number of imidazole rings is 1. The number of aldehydes is 1. The van der Waals surface area contributed by atoms with Crippen LogP contribution in [0.5, 0.6) is 0 Å². The molecule has 0 saturated heterocycles. The van der Waals surface area contributed by atoms with Gasteiger partial charge in [0.25, 0.3) is 0 Å². The number of amides is 1. The molecule has 1 N–H and O–H groups in total. The summed E-state index contributed by atoms with van der Waals surface area (Å²) in [6.07, 6.45) is 3.40. The summed E-state index contributed by atoms with van der Waals surface area (Å²) < 4.78 is 6.81. The SMILES string of the molecule is CC(C)(C)OC(=O)Nc1ccc2nc(C=O)cn2c1. The number of nitrogens with one attached hydrogen (secondary N) is 1. The molecule has 2 aromatic heterocycles. The largest absolute Gasteiger partial charge is 0.444 e. The first-order chi connectivity index (χ1) is 8.87. The number of ether oxygens (including phenoxy) is 1. The summed E-state index contributed by atoms with van der Waals surface area (Å²) in [6.45, 7) is 5.38. The van der Waals surface area contributed by atoms with Crippen molar-refractivity contribution in [3.05, 3.63) is 30.2 Å². The molecule has 0 aromatic carbocycles. The van der Waals surface area contributed by atoms with Gasteiger partial charge in [0.2, 0.25) is 0 Å². The molecule has 0 saturated carbocycles. The number of anilines is 1. The van der Waals surface area contributed by atoms with Crippen LogP contribution in [0.15, 0.2) is 24.5 Å². The van der Waals surface area contributed by atoms with Crippen LogP contribution in [0.4, 0.5) is 10.5 Å². The molecule has 2 heterocycles. The van der Waals surface area contributed by atoms with E-state index in [0.29, 0.717) is 23.3 Å². The minimum Gasteiger partial charge on any atom is -0.444 e. The molecule has 2 rings (SSSR count). The fourth-order valence-corrected chi connectivity index (χ4v) is 1.56. The molecule has 0 aliphatic rings. The van der Waals surface area contributed by atoms with Crippen LogP contribution in [-0.2, 0) is 4.74 Å². The number of hydrogen-bond donors (Lipinski definition) is 1. The second-order valence-electron chi connectivity index (χ2n) is 5.09. The summed E-state index contributed by atoms with van der Waals surface area (Å²) in [5.41, 5.74) is 0.997. The molecule has 0 fully saturated rings. The van der Waals surface area contributed by atoms with E-state index in [0.717, 1.165) is 0 Å². The highest BCUT2D eigenvalue weighted by molar-refractivity contribution is 5.85. The zero-order valence-electron chi connectivity index (χ0n) is 11.0. The zero-order chi connectivity index (χ0) is 14.0. The van der Waals surface area contributed by atoms with Crippen molar-refractivity contribution in [2.75, 3.05) is 5.32 Å². The average molecular weight is 261 g/mol. The van der Waals surface area contributed by atoms with Gasteiger partial charge in [-0.1, -0.05) is 0 Å². The lowest BCUT2D eigenvalue weighted by Crippen LogP contribution is -2.27. The van der Waals surface area contributed by atoms with Crippen molar-refractivity contribution in [2.45, 2.75) is 26.4 Å². The van der Waals surface area contributed by atoms with E-state index >= 15 is 0 Å². The van der Waals surface area contributed by atoms with E-state index in [1.165, 1.54) is 0 Å². The summed E-state index contributed by atoms with van der Waals surface area (Å²) in [5.74, 6) is 0. The van der Waals surface area contributed by atoms with Gasteiger partial charge in [-0.25, -0.2) is 9.78 Å². The van der Waals surface area contributed by atoms with Gasteiger partial charge in [-0.3, -0.25) is 10.1 Å². The molecule has 1 amide bonds. The quantitative estimate of drug-likeness (QED) is 0.843. The van der Waals surface area contributed by atoms with Crippen LogP contribution in [0.3, 0.4) is 0 Å². The third-order valence-electron chi connectivity index (χ3n) is 2.24. The van der Waals surface area contributed by atoms with E-state index in [2.05, 4.69) is 10.3 Å². The van der Waals surface area contributed by atoms with Crippen molar-refractivity contribution < 1.29 is 14.3 Å². The van der Waals surface area contributed by atoms with Gasteiger partial charge in [0.1, 0.15) is 16.9 Å². The van der Waals surface area contributed by atoms with Crippen molar-refractivity contribution in [1.29, 1.82) is 0 Å². The summed E-state index contributed by atoms with van der Waals surface area (Å²) >= 11 is 0. The number of hydrogen-bond acceptors (Lipinski definition) is 4. The maximum Gasteiger partial charge on any atom is 0.412 e. The van der Waals surface area contributed by atoms with Crippen molar-refractivity contribution >= 4 is 23.7 Å². The zero-order valence-corrected chi connectivity index (χ0v) is 11.0. The Kier molecular flexibility index (Phi) is 3.25. The van der Waals surface area contributed by atoms with Crippen LogP contribution in [0.25, 0.3) is 5.65 Å². The lowest BCUT2D eigenvalue weighted by molar-refractivity contribution is 0.0635. The Hall–Kier alpha value is -2.37. The molecule has 100 valence electrons. The Morgan fingerprint density at radius 1 is 1.37 bits per heavy atom. The molecule has 0 aliphatic carbocycles. The standard InChI is InChI=1S/C13H15N3O3/c1-13(2,3)19-12(18)15-9-4-5-11-14-10(8-17)7-16(11)6-9/h4-8H,1-3H3,(H,15,18). The number of rotatable bonds is 2. The van der Waals surface area contributed by atoms with Crippen molar-refractivity contribution in [2.24, 2.45) is 0 Å². The van der Waals surface area contributed by atoms with Gasteiger partial charge in [-0.05, 0) is 32.9 Å². The molecular weight excluding hydrogens is 246 g/mol. The first-order valence-corrected chi connectivity index (χ1v) is 5.81. The van der Waals surface area contributed by atoms with Crippen molar-refractivity contribution in [1.82, 2.24) is 9.38 Å². The van der Waals surface area contributed by atoms with Gasteiger partial charge in [-0.15, -0.1) is 0 Å². The Balaban J connectivity index is 2.17. The van der Waals surface area contributed by atoms with Gasteiger partial charge < -0.3 is 9.14 Å². The number of carbonyl (C=O) groups is 2. The van der Waals surface area contributed by atoms with Crippen LogP contribution in [-0.4, -0.2) is 27.4 Å². The first kappa shape index (κ1) is 13.1. The van der Waals surface area contributed by atoms with Crippen molar-refractivity contribution in [3.8, 4) is 0 Å². The van der Waals surface area contributed by atoms with Gasteiger partial charge in [-0.2, -0.15) is 0 Å². The third-order valence-corrected chi connectivity index (χ3v) is 2.24. The summed E-state index contributed by atoms with van der Waals surface area (Å²) in [4.78, 5) is 26.3. The predicted molar refractivity (Wildman–Crippen MR) is 70.4 cm³/mol. The highest BCUT2D eigenvalue weighted by atomic mass is 16.6. The van der Waals surface area contributed by atoms with E-state index in [4.69, 9.17) is 4.74 Å². The second-order valence-corrected chi connectivity index (χ2v) is 5.09. The average Bonchev–Trinajstić information content (AvgIpc) is 2.68.